The number of benzene rings is 1. The van der Waals surface area contributed by atoms with Gasteiger partial charge >= 0.3 is 6.03 Å². The topological polar surface area (TPSA) is 91.3 Å². The molecule has 2 amide bonds. The number of halogens is 1. The number of carbonyl (C=O) groups excluding carboxylic acids is 1. The van der Waals surface area contributed by atoms with Crippen LogP contribution in [-0.2, 0) is 0 Å². The molecule has 0 saturated heterocycles. The van der Waals surface area contributed by atoms with Crippen LogP contribution in [0.15, 0.2) is 23.2 Å². The summed E-state index contributed by atoms with van der Waals surface area (Å²) in [5.41, 5.74) is 6.05. The van der Waals surface area contributed by atoms with E-state index < -0.39 is 6.03 Å². The van der Waals surface area contributed by atoms with Gasteiger partial charge in [0.1, 0.15) is 11.9 Å². The standard InChI is InChI=1S/C10H9ClN4O/c1-6(13)14-10(16)15-8-3-2-7(5-12)9(11)4-8/h2-4H,1H3,(H3,13,14,15,16). The third-order valence-corrected chi connectivity index (χ3v) is 1.93. The number of nitrogens with two attached hydrogens (primary N) is 1. The Morgan fingerprint density at radius 1 is 1.62 bits per heavy atom. The first-order valence-electron chi connectivity index (χ1n) is 4.34. The number of nitriles is 1. The maximum Gasteiger partial charge on any atom is 0.347 e. The third-order valence-electron chi connectivity index (χ3n) is 1.62. The molecule has 0 aromatic heterocycles. The van der Waals surface area contributed by atoms with Gasteiger partial charge in [-0.15, -0.1) is 0 Å². The SMILES string of the molecule is C/C(N)=N\C(=O)Nc1ccc(C#N)c(Cl)c1. The molecule has 1 rings (SSSR count). The largest absolute Gasteiger partial charge is 0.387 e. The third kappa shape index (κ3) is 3.26. The highest BCUT2D eigenvalue weighted by molar-refractivity contribution is 6.32. The van der Waals surface area contributed by atoms with Gasteiger partial charge in [-0.05, 0) is 25.1 Å². The van der Waals surface area contributed by atoms with Crippen LogP contribution in [0.25, 0.3) is 0 Å². The molecule has 16 heavy (non-hydrogen) atoms. The molecule has 1 aromatic carbocycles. The van der Waals surface area contributed by atoms with Crippen LogP contribution in [0.5, 0.6) is 0 Å². The molecule has 1 aromatic rings. The quantitative estimate of drug-likeness (QED) is 0.578. The Hall–Kier alpha value is -2.06. The number of hydrogen-bond donors (Lipinski definition) is 2. The molecule has 0 fully saturated rings. The van der Waals surface area contributed by atoms with Gasteiger partial charge in [0.05, 0.1) is 10.6 Å². The summed E-state index contributed by atoms with van der Waals surface area (Å²) in [6.45, 7) is 1.51. The Morgan fingerprint density at radius 2 is 2.31 bits per heavy atom. The molecule has 0 atom stereocenters. The monoisotopic (exact) mass is 236 g/mol. The van der Waals surface area contributed by atoms with Crippen molar-refractivity contribution in [2.75, 3.05) is 5.32 Å². The van der Waals surface area contributed by atoms with Gasteiger partial charge in [-0.2, -0.15) is 10.3 Å². The Labute approximate surface area is 97.5 Å². The van der Waals surface area contributed by atoms with E-state index in [0.717, 1.165) is 0 Å². The van der Waals surface area contributed by atoms with Crippen LogP contribution in [0.2, 0.25) is 5.02 Å². The van der Waals surface area contributed by atoms with Crippen molar-refractivity contribution in [3.63, 3.8) is 0 Å². The Balaban J connectivity index is 2.85. The number of anilines is 1. The molecule has 0 heterocycles. The Morgan fingerprint density at radius 3 is 2.81 bits per heavy atom. The normalized spacial score (nSPS) is 10.7. The highest BCUT2D eigenvalue weighted by Gasteiger charge is 2.03. The minimum Gasteiger partial charge on any atom is -0.387 e. The van der Waals surface area contributed by atoms with E-state index in [0.29, 0.717) is 11.3 Å². The molecule has 0 spiro atoms. The number of hydrogen-bond acceptors (Lipinski definition) is 2. The summed E-state index contributed by atoms with van der Waals surface area (Å²) in [6.07, 6.45) is 0. The molecule has 3 N–H and O–H groups in total. The number of aliphatic imine (C=N–C) groups is 1. The molecule has 0 aliphatic carbocycles. The first kappa shape index (κ1) is 12.0. The van der Waals surface area contributed by atoms with Crippen molar-refractivity contribution in [3.8, 4) is 6.07 Å². The lowest BCUT2D eigenvalue weighted by Gasteiger charge is -2.03. The van der Waals surface area contributed by atoms with Crippen LogP contribution in [0, 0.1) is 11.3 Å². The van der Waals surface area contributed by atoms with Crippen molar-refractivity contribution in [1.29, 1.82) is 5.26 Å². The Kier molecular flexibility index (Phi) is 3.86. The smallest absolute Gasteiger partial charge is 0.347 e. The van der Waals surface area contributed by atoms with Crippen LogP contribution >= 0.6 is 11.6 Å². The molecule has 0 saturated carbocycles. The second kappa shape index (κ2) is 5.14. The molecular weight excluding hydrogens is 228 g/mol. The van der Waals surface area contributed by atoms with Crippen LogP contribution in [-0.4, -0.2) is 11.9 Å². The van der Waals surface area contributed by atoms with E-state index in [9.17, 15) is 4.79 Å². The molecule has 0 aliphatic rings. The van der Waals surface area contributed by atoms with Gasteiger partial charge < -0.3 is 11.1 Å². The number of nitrogens with zero attached hydrogens (tertiary/aromatic N) is 2. The van der Waals surface area contributed by atoms with Crippen LogP contribution in [0.3, 0.4) is 0 Å². The van der Waals surface area contributed by atoms with Crippen LogP contribution in [0.1, 0.15) is 12.5 Å². The first-order valence-corrected chi connectivity index (χ1v) is 4.72. The zero-order valence-corrected chi connectivity index (χ0v) is 9.25. The summed E-state index contributed by atoms with van der Waals surface area (Å²) < 4.78 is 0. The van der Waals surface area contributed by atoms with Gasteiger partial charge in [-0.1, -0.05) is 11.6 Å². The maximum atomic E-state index is 11.2. The fourth-order valence-electron chi connectivity index (χ4n) is 0.995. The second-order valence-electron chi connectivity index (χ2n) is 2.99. The average molecular weight is 237 g/mol. The van der Waals surface area contributed by atoms with Crippen LogP contribution < -0.4 is 11.1 Å². The second-order valence-corrected chi connectivity index (χ2v) is 3.40. The number of carbonyl (C=O) groups is 1. The fraction of sp³-hybridized carbons (Fsp3) is 0.100. The van der Waals surface area contributed by atoms with Gasteiger partial charge in [0.2, 0.25) is 0 Å². The molecule has 0 aliphatic heterocycles. The maximum absolute atomic E-state index is 11.2. The predicted octanol–water partition coefficient (Wildman–Crippen LogP) is 2.12. The first-order chi connectivity index (χ1) is 7.52. The van der Waals surface area contributed by atoms with Crippen molar-refractivity contribution in [2.24, 2.45) is 10.7 Å². The lowest BCUT2D eigenvalue weighted by atomic mass is 10.2. The molecular formula is C10H9ClN4O. The van der Waals surface area contributed by atoms with Crippen molar-refractivity contribution in [1.82, 2.24) is 0 Å². The summed E-state index contributed by atoms with van der Waals surface area (Å²) in [6, 6.07) is 5.87. The Bertz CT molecular complexity index is 486. The lowest BCUT2D eigenvalue weighted by molar-refractivity contribution is 0.259. The summed E-state index contributed by atoms with van der Waals surface area (Å²) in [5.74, 6) is 0.164. The van der Waals surface area contributed by atoms with Gasteiger partial charge in [0, 0.05) is 5.69 Å². The molecule has 0 bridgehead atoms. The van der Waals surface area contributed by atoms with Crippen LogP contribution in [0.4, 0.5) is 10.5 Å². The van der Waals surface area contributed by atoms with Crippen molar-refractivity contribution in [3.05, 3.63) is 28.8 Å². The predicted molar refractivity (Wildman–Crippen MR) is 62.5 cm³/mol. The van der Waals surface area contributed by atoms with E-state index in [1.54, 1.807) is 6.07 Å². The van der Waals surface area contributed by atoms with E-state index >= 15 is 0 Å². The minimum atomic E-state index is -0.583. The van der Waals surface area contributed by atoms with E-state index in [1.807, 2.05) is 6.07 Å². The number of amidine groups is 1. The van der Waals surface area contributed by atoms with Crippen molar-refractivity contribution in [2.45, 2.75) is 6.92 Å². The summed E-state index contributed by atoms with van der Waals surface area (Å²) in [4.78, 5) is 14.7. The number of nitrogens with one attached hydrogen (secondary N) is 1. The minimum absolute atomic E-state index is 0.164. The fourth-order valence-corrected chi connectivity index (χ4v) is 1.22. The summed E-state index contributed by atoms with van der Waals surface area (Å²) >= 11 is 5.78. The highest BCUT2D eigenvalue weighted by Crippen LogP contribution is 2.20. The molecule has 82 valence electrons. The zero-order valence-electron chi connectivity index (χ0n) is 8.49. The molecule has 5 nitrogen and oxygen atoms in total. The lowest BCUT2D eigenvalue weighted by Crippen LogP contribution is -2.13. The summed E-state index contributed by atoms with van der Waals surface area (Å²) in [7, 11) is 0. The highest BCUT2D eigenvalue weighted by atomic mass is 35.5. The number of urea groups is 1. The van der Waals surface area contributed by atoms with E-state index in [1.165, 1.54) is 19.1 Å². The van der Waals surface area contributed by atoms with Crippen molar-refractivity contribution < 1.29 is 4.79 Å². The van der Waals surface area contributed by atoms with Gasteiger partial charge in [-0.25, -0.2) is 4.79 Å². The van der Waals surface area contributed by atoms with E-state index in [4.69, 9.17) is 22.6 Å². The van der Waals surface area contributed by atoms with Crippen molar-refractivity contribution >= 4 is 29.2 Å². The molecule has 0 unspecified atom stereocenters. The van der Waals surface area contributed by atoms with Gasteiger partial charge in [0.25, 0.3) is 0 Å². The van der Waals surface area contributed by atoms with Gasteiger partial charge in [-0.3, -0.25) is 0 Å². The number of rotatable bonds is 1. The molecule has 6 heteroatoms. The summed E-state index contributed by atoms with van der Waals surface area (Å²) in [5, 5.41) is 11.4. The van der Waals surface area contributed by atoms with E-state index in [2.05, 4.69) is 10.3 Å². The average Bonchev–Trinajstić information content (AvgIpc) is 2.16. The van der Waals surface area contributed by atoms with Gasteiger partial charge in [0.15, 0.2) is 0 Å². The number of amides is 2. The zero-order chi connectivity index (χ0) is 12.1. The molecule has 0 radical (unpaired) electrons. The van der Waals surface area contributed by atoms with E-state index in [-0.39, 0.29) is 10.9 Å².